The smallest absolute Gasteiger partial charge is 0.296 e. The van der Waals surface area contributed by atoms with Gasteiger partial charge in [0.15, 0.2) is 0 Å². The number of hydrogen-bond acceptors (Lipinski definition) is 15. The van der Waals surface area contributed by atoms with Gasteiger partial charge in [0.25, 0.3) is 30.4 Å². The number of benzene rings is 5. The molecule has 0 spiro atoms. The number of ether oxygens (including phenoxy) is 1. The number of fused-ring (bicyclic) bond motifs is 1. The number of phenols is 2. The first kappa shape index (κ1) is 35.6. The van der Waals surface area contributed by atoms with Crippen LogP contribution in [0, 0.1) is 0 Å². The van der Waals surface area contributed by atoms with Gasteiger partial charge in [-0.3, -0.25) is 13.7 Å². The highest BCUT2D eigenvalue weighted by Crippen LogP contribution is 2.41. The van der Waals surface area contributed by atoms with Gasteiger partial charge < -0.3 is 14.9 Å². The Labute approximate surface area is 283 Å². The van der Waals surface area contributed by atoms with Crippen molar-refractivity contribution in [2.75, 3.05) is 7.11 Å². The second-order valence-corrected chi connectivity index (χ2v) is 14.2. The lowest BCUT2D eigenvalue weighted by atomic mass is 10.1. The van der Waals surface area contributed by atoms with Crippen molar-refractivity contribution in [2.45, 2.75) is 14.7 Å². The molecular formula is C29H22N6O12S3. The van der Waals surface area contributed by atoms with Gasteiger partial charge in [0.05, 0.1) is 34.0 Å². The van der Waals surface area contributed by atoms with Crippen molar-refractivity contribution in [1.82, 2.24) is 0 Å². The Morgan fingerprint density at radius 3 is 1.62 bits per heavy atom. The first-order chi connectivity index (χ1) is 23.4. The van der Waals surface area contributed by atoms with Crippen LogP contribution in [0.1, 0.15) is 0 Å². The van der Waals surface area contributed by atoms with E-state index in [1.165, 1.54) is 49.6 Å². The van der Waals surface area contributed by atoms with E-state index >= 15 is 0 Å². The highest BCUT2D eigenvalue weighted by molar-refractivity contribution is 7.86. The van der Waals surface area contributed by atoms with Crippen molar-refractivity contribution in [3.8, 4) is 17.2 Å². The normalized spacial score (nSPS) is 12.8. The van der Waals surface area contributed by atoms with Crippen LogP contribution in [0.4, 0.5) is 34.1 Å². The van der Waals surface area contributed by atoms with Crippen LogP contribution >= 0.6 is 0 Å². The van der Waals surface area contributed by atoms with Gasteiger partial charge in [-0.1, -0.05) is 6.07 Å². The summed E-state index contributed by atoms with van der Waals surface area (Å²) in [6, 6.07) is 16.3. The summed E-state index contributed by atoms with van der Waals surface area (Å²) >= 11 is 0. The number of hydrogen-bond donors (Lipinski definition) is 5. The van der Waals surface area contributed by atoms with Gasteiger partial charge in [-0.05, 0) is 66.7 Å². The number of aromatic hydroxyl groups is 2. The topological polar surface area (TPSA) is 287 Å². The Morgan fingerprint density at radius 1 is 0.500 bits per heavy atom. The molecule has 50 heavy (non-hydrogen) atoms. The predicted molar refractivity (Wildman–Crippen MR) is 175 cm³/mol. The molecule has 0 saturated heterocycles. The van der Waals surface area contributed by atoms with Gasteiger partial charge >= 0.3 is 0 Å². The molecule has 0 bridgehead atoms. The van der Waals surface area contributed by atoms with Gasteiger partial charge in [-0.25, -0.2) is 0 Å². The molecule has 0 amide bonds. The molecule has 0 atom stereocenters. The fourth-order valence-corrected chi connectivity index (χ4v) is 5.92. The molecule has 5 aromatic rings. The summed E-state index contributed by atoms with van der Waals surface area (Å²) in [4.78, 5) is -1.68. The second kappa shape index (κ2) is 13.7. The molecule has 5 aromatic carbocycles. The maximum absolute atomic E-state index is 12.3. The van der Waals surface area contributed by atoms with E-state index in [1.54, 1.807) is 0 Å². The van der Waals surface area contributed by atoms with Gasteiger partial charge in [0, 0.05) is 22.9 Å². The van der Waals surface area contributed by atoms with E-state index in [-0.39, 0.29) is 56.5 Å². The fraction of sp³-hybridized carbons (Fsp3) is 0.0345. The average Bonchev–Trinajstić information content (AvgIpc) is 3.04. The van der Waals surface area contributed by atoms with E-state index in [1.807, 2.05) is 0 Å². The Bertz CT molecular complexity index is 2580. The van der Waals surface area contributed by atoms with Crippen molar-refractivity contribution in [3.05, 3.63) is 84.9 Å². The van der Waals surface area contributed by atoms with E-state index in [0.29, 0.717) is 0 Å². The monoisotopic (exact) mass is 742 g/mol. The Balaban J connectivity index is 1.58. The first-order valence-electron chi connectivity index (χ1n) is 13.5. The Hall–Kier alpha value is -5.71. The molecule has 0 aromatic heterocycles. The van der Waals surface area contributed by atoms with Crippen LogP contribution in [0.2, 0.25) is 0 Å². The Morgan fingerprint density at radius 2 is 1.04 bits per heavy atom. The maximum Gasteiger partial charge on any atom is 0.296 e. The molecule has 0 aliphatic carbocycles. The molecule has 5 rings (SSSR count). The third kappa shape index (κ3) is 8.11. The van der Waals surface area contributed by atoms with Crippen molar-refractivity contribution >= 4 is 75.3 Å². The van der Waals surface area contributed by atoms with Gasteiger partial charge in [-0.15, -0.1) is 25.6 Å². The fourth-order valence-electron chi connectivity index (χ4n) is 4.30. The molecular weight excluding hydrogens is 721 g/mol. The number of phenolic OH excluding ortho intramolecular Hbond substituents is 2. The first-order valence-corrected chi connectivity index (χ1v) is 17.8. The number of rotatable bonds is 10. The van der Waals surface area contributed by atoms with E-state index in [0.717, 1.165) is 42.5 Å². The maximum atomic E-state index is 12.3. The van der Waals surface area contributed by atoms with E-state index in [4.69, 9.17) is 9.29 Å². The summed E-state index contributed by atoms with van der Waals surface area (Å²) in [5, 5.41) is 43.8. The summed E-state index contributed by atoms with van der Waals surface area (Å²) in [6.45, 7) is 0. The lowest BCUT2D eigenvalue weighted by molar-refractivity contribution is 0.415. The minimum absolute atomic E-state index is 0.00416. The molecule has 18 nitrogen and oxygen atoms in total. The molecule has 0 heterocycles. The van der Waals surface area contributed by atoms with Gasteiger partial charge in [0.2, 0.25) is 0 Å². The third-order valence-electron chi connectivity index (χ3n) is 6.68. The lowest BCUT2D eigenvalue weighted by Gasteiger charge is -2.09. The standard InChI is InChI=1S/C29H22N6O12S3/c1-47-28-14-26(35-30-16-2-5-18(6-3-16)48(38,39)40)29(50(44,45)46)15-25(28)34-32-23-11-10-22(31-33-24-9-4-17(36)12-27(24)37)20-8-7-19(13-21(20)23)49(41,42)43/h2-15,36-37H,1H3,(H,38,39,40)(H,41,42,43)(H,44,45,46). The summed E-state index contributed by atoms with van der Waals surface area (Å²) in [5.41, 5.74) is -0.400. The van der Waals surface area contributed by atoms with E-state index < -0.39 is 50.7 Å². The zero-order valence-corrected chi connectivity index (χ0v) is 27.5. The summed E-state index contributed by atoms with van der Waals surface area (Å²) in [5.74, 6) is -0.666. The van der Waals surface area contributed by atoms with Crippen LogP contribution in [0.3, 0.4) is 0 Å². The van der Waals surface area contributed by atoms with Crippen molar-refractivity contribution in [2.24, 2.45) is 30.7 Å². The molecule has 0 aliphatic rings. The van der Waals surface area contributed by atoms with Crippen LogP contribution in [-0.2, 0) is 30.4 Å². The molecule has 258 valence electrons. The zero-order valence-electron chi connectivity index (χ0n) is 25.1. The predicted octanol–water partition coefficient (Wildman–Crippen LogP) is 7.25. The van der Waals surface area contributed by atoms with E-state index in [2.05, 4.69) is 30.7 Å². The third-order valence-corrected chi connectivity index (χ3v) is 9.28. The SMILES string of the molecule is COc1cc(N=Nc2ccc(S(=O)(=O)O)cc2)c(S(=O)(=O)O)cc1N=Nc1ccc(N=Nc2ccc(O)cc2O)c2ccc(S(=O)(=O)O)cc12. The minimum Gasteiger partial charge on any atom is -0.508 e. The van der Waals surface area contributed by atoms with Crippen LogP contribution in [0.15, 0.2) is 130 Å². The lowest BCUT2D eigenvalue weighted by Crippen LogP contribution is -1.99. The molecule has 0 unspecified atom stereocenters. The van der Waals surface area contributed by atoms with Gasteiger partial charge in [-0.2, -0.15) is 30.4 Å². The molecule has 5 N–H and O–H groups in total. The molecule has 21 heteroatoms. The number of methoxy groups -OCH3 is 1. The largest absolute Gasteiger partial charge is 0.508 e. The summed E-state index contributed by atoms with van der Waals surface area (Å²) < 4.78 is 105. The van der Waals surface area contributed by atoms with Crippen LogP contribution in [-0.4, -0.2) is 56.2 Å². The van der Waals surface area contributed by atoms with Crippen LogP contribution in [0.5, 0.6) is 17.2 Å². The number of azo groups is 3. The average molecular weight is 743 g/mol. The Kier molecular flexibility index (Phi) is 9.72. The van der Waals surface area contributed by atoms with E-state index in [9.17, 15) is 44.6 Å². The molecule has 0 fully saturated rings. The highest BCUT2D eigenvalue weighted by Gasteiger charge is 2.21. The van der Waals surface area contributed by atoms with Crippen LogP contribution < -0.4 is 4.74 Å². The van der Waals surface area contributed by atoms with Crippen molar-refractivity contribution < 1.29 is 53.9 Å². The quantitative estimate of drug-likeness (QED) is 0.0698. The van der Waals surface area contributed by atoms with Crippen molar-refractivity contribution in [3.63, 3.8) is 0 Å². The molecule has 0 radical (unpaired) electrons. The summed E-state index contributed by atoms with van der Waals surface area (Å²) in [7, 11) is -12.9. The summed E-state index contributed by atoms with van der Waals surface area (Å²) in [6.07, 6.45) is 0. The molecule has 0 aliphatic heterocycles. The van der Waals surface area contributed by atoms with Crippen molar-refractivity contribution in [1.29, 1.82) is 0 Å². The van der Waals surface area contributed by atoms with Gasteiger partial charge in [0.1, 0.15) is 39.2 Å². The second-order valence-electron chi connectivity index (χ2n) is 10.00. The highest BCUT2D eigenvalue weighted by atomic mass is 32.2. The number of nitrogens with zero attached hydrogens (tertiary/aromatic N) is 6. The molecule has 0 saturated carbocycles. The van der Waals surface area contributed by atoms with Crippen LogP contribution in [0.25, 0.3) is 10.8 Å². The minimum atomic E-state index is -4.96. The zero-order chi connectivity index (χ0) is 36.4.